The molecule has 0 spiro atoms. The summed E-state index contributed by atoms with van der Waals surface area (Å²) in [6.45, 7) is 4.62. The van der Waals surface area contributed by atoms with Crippen LogP contribution in [0.2, 0.25) is 0 Å². The van der Waals surface area contributed by atoms with Crippen LogP contribution in [0, 0.1) is 0 Å². The fourth-order valence-corrected chi connectivity index (χ4v) is 1.85. The van der Waals surface area contributed by atoms with Crippen molar-refractivity contribution in [1.82, 2.24) is 10.2 Å². The standard InChI is InChI=1S/C13H20N2O3/c1-3-5-10(2)13(18)14-8-4-9-15-11(16)6-7-12(15)17/h5H,3-4,6-9H2,1-2H3,(H,14,18). The fourth-order valence-electron chi connectivity index (χ4n) is 1.85. The van der Waals surface area contributed by atoms with E-state index in [0.717, 1.165) is 6.42 Å². The summed E-state index contributed by atoms with van der Waals surface area (Å²) in [5.74, 6) is -0.294. The van der Waals surface area contributed by atoms with Gasteiger partial charge >= 0.3 is 0 Å². The predicted molar refractivity (Wildman–Crippen MR) is 67.6 cm³/mol. The molecule has 0 bridgehead atoms. The molecule has 0 saturated carbocycles. The lowest BCUT2D eigenvalue weighted by Gasteiger charge is -2.13. The molecule has 100 valence electrons. The number of imide groups is 1. The molecule has 5 heteroatoms. The van der Waals surface area contributed by atoms with Gasteiger partial charge in [0.15, 0.2) is 0 Å². The molecule has 1 rings (SSSR count). The van der Waals surface area contributed by atoms with Crippen LogP contribution in [0.25, 0.3) is 0 Å². The molecule has 1 aliphatic heterocycles. The molecule has 18 heavy (non-hydrogen) atoms. The van der Waals surface area contributed by atoms with E-state index in [-0.39, 0.29) is 17.7 Å². The second-order valence-electron chi connectivity index (χ2n) is 4.34. The topological polar surface area (TPSA) is 66.5 Å². The second kappa shape index (κ2) is 6.93. The molecule has 0 radical (unpaired) electrons. The summed E-state index contributed by atoms with van der Waals surface area (Å²) in [6.07, 6.45) is 3.94. The van der Waals surface area contributed by atoms with E-state index in [1.54, 1.807) is 6.92 Å². The molecule has 0 aromatic heterocycles. The SMILES string of the molecule is CCC=C(C)C(=O)NCCCN1C(=O)CCC1=O. The van der Waals surface area contributed by atoms with Gasteiger partial charge in [-0.1, -0.05) is 13.0 Å². The number of carbonyl (C=O) groups is 3. The molecule has 1 fully saturated rings. The third kappa shape index (κ3) is 3.98. The third-order valence-corrected chi connectivity index (χ3v) is 2.87. The second-order valence-corrected chi connectivity index (χ2v) is 4.34. The molecular formula is C13H20N2O3. The Bertz CT molecular complexity index is 358. The maximum Gasteiger partial charge on any atom is 0.246 e. The Morgan fingerprint density at radius 3 is 2.50 bits per heavy atom. The Morgan fingerprint density at radius 1 is 1.33 bits per heavy atom. The van der Waals surface area contributed by atoms with Crippen molar-refractivity contribution >= 4 is 17.7 Å². The highest BCUT2D eigenvalue weighted by atomic mass is 16.2. The van der Waals surface area contributed by atoms with Gasteiger partial charge < -0.3 is 5.32 Å². The molecule has 0 aromatic rings. The average molecular weight is 252 g/mol. The number of nitrogens with one attached hydrogen (secondary N) is 1. The van der Waals surface area contributed by atoms with Crippen molar-refractivity contribution in [3.63, 3.8) is 0 Å². The van der Waals surface area contributed by atoms with Crippen LogP contribution in [0.5, 0.6) is 0 Å². The number of carbonyl (C=O) groups excluding carboxylic acids is 3. The molecule has 0 aliphatic carbocycles. The first-order valence-corrected chi connectivity index (χ1v) is 6.34. The number of rotatable bonds is 6. The number of amides is 3. The summed E-state index contributed by atoms with van der Waals surface area (Å²) in [6, 6.07) is 0. The van der Waals surface area contributed by atoms with E-state index < -0.39 is 0 Å². The Morgan fingerprint density at radius 2 is 1.94 bits per heavy atom. The first-order chi connectivity index (χ1) is 8.56. The van der Waals surface area contributed by atoms with Gasteiger partial charge in [-0.25, -0.2) is 0 Å². The van der Waals surface area contributed by atoms with Gasteiger partial charge in [-0.2, -0.15) is 0 Å². The van der Waals surface area contributed by atoms with Crippen molar-refractivity contribution in [2.75, 3.05) is 13.1 Å². The summed E-state index contributed by atoms with van der Waals surface area (Å²) >= 11 is 0. The van der Waals surface area contributed by atoms with E-state index in [2.05, 4.69) is 5.32 Å². The van der Waals surface area contributed by atoms with Gasteiger partial charge in [-0.3, -0.25) is 19.3 Å². The highest BCUT2D eigenvalue weighted by molar-refractivity contribution is 6.01. The van der Waals surface area contributed by atoms with Crippen molar-refractivity contribution < 1.29 is 14.4 Å². The zero-order valence-corrected chi connectivity index (χ0v) is 11.0. The van der Waals surface area contributed by atoms with Crippen LogP contribution in [-0.4, -0.2) is 35.7 Å². The maximum atomic E-state index is 11.5. The highest BCUT2D eigenvalue weighted by Gasteiger charge is 2.27. The monoisotopic (exact) mass is 252 g/mol. The molecule has 1 saturated heterocycles. The number of nitrogens with zero attached hydrogens (tertiary/aromatic N) is 1. The lowest BCUT2D eigenvalue weighted by Crippen LogP contribution is -2.33. The van der Waals surface area contributed by atoms with E-state index in [1.807, 2.05) is 13.0 Å². The summed E-state index contributed by atoms with van der Waals surface area (Å²) in [5.41, 5.74) is 0.700. The number of hydrogen-bond acceptors (Lipinski definition) is 3. The normalized spacial score (nSPS) is 16.3. The Labute approximate surface area is 107 Å². The first kappa shape index (κ1) is 14.4. The van der Waals surface area contributed by atoms with Gasteiger partial charge in [0.1, 0.15) is 0 Å². The lowest BCUT2D eigenvalue weighted by molar-refractivity contribution is -0.138. The average Bonchev–Trinajstić information content (AvgIpc) is 2.65. The summed E-state index contributed by atoms with van der Waals surface area (Å²) in [4.78, 5) is 35.4. The van der Waals surface area contributed by atoms with Crippen LogP contribution in [0.15, 0.2) is 11.6 Å². The highest BCUT2D eigenvalue weighted by Crippen LogP contribution is 2.11. The van der Waals surface area contributed by atoms with Gasteiger partial charge in [0.05, 0.1) is 0 Å². The van der Waals surface area contributed by atoms with Crippen LogP contribution in [0.3, 0.4) is 0 Å². The zero-order valence-electron chi connectivity index (χ0n) is 11.0. The Kier molecular flexibility index (Phi) is 5.55. The van der Waals surface area contributed by atoms with Gasteiger partial charge in [0, 0.05) is 31.5 Å². The van der Waals surface area contributed by atoms with Crippen LogP contribution >= 0.6 is 0 Å². The lowest BCUT2D eigenvalue weighted by atomic mass is 10.2. The molecule has 1 heterocycles. The van der Waals surface area contributed by atoms with Gasteiger partial charge in [0.25, 0.3) is 0 Å². The molecule has 0 atom stereocenters. The minimum absolute atomic E-state index is 0.0871. The molecule has 0 aromatic carbocycles. The van der Waals surface area contributed by atoms with Gasteiger partial charge in [-0.15, -0.1) is 0 Å². The quantitative estimate of drug-likeness (QED) is 0.435. The number of allylic oxidation sites excluding steroid dienone is 1. The predicted octanol–water partition coefficient (Wildman–Crippen LogP) is 0.998. The first-order valence-electron chi connectivity index (χ1n) is 6.34. The van der Waals surface area contributed by atoms with E-state index in [4.69, 9.17) is 0 Å². The molecular weight excluding hydrogens is 232 g/mol. The number of likely N-dealkylation sites (tertiary alicyclic amines) is 1. The largest absolute Gasteiger partial charge is 0.352 e. The van der Waals surface area contributed by atoms with E-state index in [0.29, 0.717) is 37.9 Å². The van der Waals surface area contributed by atoms with Gasteiger partial charge in [0.2, 0.25) is 17.7 Å². The van der Waals surface area contributed by atoms with Crippen LogP contribution in [0.4, 0.5) is 0 Å². The molecule has 1 N–H and O–H groups in total. The Hall–Kier alpha value is -1.65. The number of hydrogen-bond donors (Lipinski definition) is 1. The van der Waals surface area contributed by atoms with Crippen molar-refractivity contribution in [3.05, 3.63) is 11.6 Å². The smallest absolute Gasteiger partial charge is 0.246 e. The van der Waals surface area contributed by atoms with Crippen molar-refractivity contribution in [1.29, 1.82) is 0 Å². The zero-order chi connectivity index (χ0) is 13.5. The van der Waals surface area contributed by atoms with Crippen LogP contribution < -0.4 is 5.32 Å². The summed E-state index contributed by atoms with van der Waals surface area (Å²) in [5, 5.41) is 2.76. The Balaban J connectivity index is 2.23. The van der Waals surface area contributed by atoms with E-state index >= 15 is 0 Å². The van der Waals surface area contributed by atoms with Crippen molar-refractivity contribution in [3.8, 4) is 0 Å². The summed E-state index contributed by atoms with van der Waals surface area (Å²) < 4.78 is 0. The third-order valence-electron chi connectivity index (χ3n) is 2.87. The summed E-state index contributed by atoms with van der Waals surface area (Å²) in [7, 11) is 0. The van der Waals surface area contributed by atoms with Crippen molar-refractivity contribution in [2.45, 2.75) is 39.5 Å². The minimum atomic E-state index is -0.103. The van der Waals surface area contributed by atoms with E-state index in [1.165, 1.54) is 4.90 Å². The maximum absolute atomic E-state index is 11.5. The molecule has 0 unspecified atom stereocenters. The molecule has 3 amide bonds. The molecule has 5 nitrogen and oxygen atoms in total. The van der Waals surface area contributed by atoms with Crippen LogP contribution in [0.1, 0.15) is 39.5 Å². The minimum Gasteiger partial charge on any atom is -0.352 e. The molecule has 1 aliphatic rings. The van der Waals surface area contributed by atoms with Crippen LogP contribution in [-0.2, 0) is 14.4 Å². The van der Waals surface area contributed by atoms with Gasteiger partial charge in [-0.05, 0) is 19.8 Å². The fraction of sp³-hybridized carbons (Fsp3) is 0.615. The van der Waals surface area contributed by atoms with E-state index in [9.17, 15) is 14.4 Å². The van der Waals surface area contributed by atoms with Crippen molar-refractivity contribution in [2.24, 2.45) is 0 Å².